The second-order valence-corrected chi connectivity index (χ2v) is 11.1. The third-order valence-corrected chi connectivity index (χ3v) is 7.69. The lowest BCUT2D eigenvalue weighted by Gasteiger charge is -2.12. The molecule has 7 nitrogen and oxygen atoms in total. The van der Waals surface area contributed by atoms with Crippen molar-refractivity contribution in [3.05, 3.63) is 79.4 Å². The molecule has 2 heterocycles. The second kappa shape index (κ2) is 17.4. The van der Waals surface area contributed by atoms with E-state index >= 15 is 0 Å². The third-order valence-electron chi connectivity index (χ3n) is 5.38. The minimum Gasteiger partial charge on any atom is -0.459 e. The fourth-order valence-electron chi connectivity index (χ4n) is 3.64. The molecule has 1 aliphatic rings. The lowest BCUT2D eigenvalue weighted by Crippen LogP contribution is -2.15. The van der Waals surface area contributed by atoms with Crippen LogP contribution in [0.2, 0.25) is 0 Å². The lowest BCUT2D eigenvalue weighted by atomic mass is 10.00. The van der Waals surface area contributed by atoms with Crippen molar-refractivity contribution >= 4 is 51.0 Å². The van der Waals surface area contributed by atoms with Crippen molar-refractivity contribution < 1.29 is 19.1 Å². The molecule has 9 heteroatoms. The topological polar surface area (TPSA) is 103 Å². The average molecular weight is 586 g/mol. The Morgan fingerprint density at radius 2 is 1.77 bits per heavy atom. The zero-order chi connectivity index (χ0) is 30.4. The first kappa shape index (κ1) is 34.8. The van der Waals surface area contributed by atoms with E-state index in [4.69, 9.17) is 20.2 Å². The number of thiophene rings is 2. The number of amides is 1. The number of carbonyl (C=O) groups excluding carboxylic acids is 2. The Hall–Kier alpha value is -3.27. The molecule has 3 N–H and O–H groups in total. The van der Waals surface area contributed by atoms with Crippen LogP contribution in [0.5, 0.6) is 0 Å². The van der Waals surface area contributed by atoms with E-state index in [1.54, 1.807) is 46.3 Å². The Morgan fingerprint density at radius 3 is 2.25 bits per heavy atom. The van der Waals surface area contributed by atoms with Crippen LogP contribution < -0.4 is 11.1 Å². The molecule has 2 aromatic heterocycles. The number of hydrogen-bond acceptors (Lipinski definition) is 8. The maximum atomic E-state index is 11.8. The monoisotopic (exact) mass is 585 g/mol. The van der Waals surface area contributed by atoms with E-state index in [2.05, 4.69) is 49.5 Å². The normalized spacial score (nSPS) is 14.8. The molecule has 40 heavy (non-hydrogen) atoms. The minimum absolute atomic E-state index is 0.195. The van der Waals surface area contributed by atoms with Crippen molar-refractivity contribution in [3.8, 4) is 0 Å². The molecule has 0 saturated heterocycles. The molecule has 0 aliphatic heterocycles. The number of nitrogens with zero attached hydrogens (tertiary/aromatic N) is 1. The fraction of sp³-hybridized carbons (Fsp3) is 0.387. The molecule has 2 aromatic rings. The van der Waals surface area contributed by atoms with Gasteiger partial charge in [-0.05, 0) is 70.9 Å². The second-order valence-electron chi connectivity index (χ2n) is 8.76. The van der Waals surface area contributed by atoms with E-state index in [-0.39, 0.29) is 6.10 Å². The number of esters is 1. The van der Waals surface area contributed by atoms with Crippen LogP contribution in [0.3, 0.4) is 0 Å². The Morgan fingerprint density at radius 1 is 1.12 bits per heavy atom. The first-order valence-electron chi connectivity index (χ1n) is 13.2. The maximum absolute atomic E-state index is 11.8. The first-order valence-corrected chi connectivity index (χ1v) is 14.8. The van der Waals surface area contributed by atoms with Crippen molar-refractivity contribution in [2.24, 2.45) is 10.7 Å². The Bertz CT molecular complexity index is 1310. The highest BCUT2D eigenvalue weighted by Crippen LogP contribution is 2.33. The van der Waals surface area contributed by atoms with Crippen LogP contribution in [-0.4, -0.2) is 44.5 Å². The van der Waals surface area contributed by atoms with Crippen molar-refractivity contribution in [1.29, 1.82) is 0 Å². The maximum Gasteiger partial charge on any atom is 0.348 e. The van der Waals surface area contributed by atoms with Gasteiger partial charge < -0.3 is 20.5 Å². The molecule has 0 unspecified atom stereocenters. The molecule has 1 amide bonds. The van der Waals surface area contributed by atoms with Crippen LogP contribution in [0, 0.1) is 13.8 Å². The molecule has 0 atom stereocenters. The van der Waals surface area contributed by atoms with Gasteiger partial charge in [-0.2, -0.15) is 0 Å². The van der Waals surface area contributed by atoms with Crippen LogP contribution in [0.4, 0.5) is 5.00 Å². The predicted molar refractivity (Wildman–Crippen MR) is 172 cm³/mol. The summed E-state index contributed by atoms with van der Waals surface area (Å²) in [5, 5.41) is 3.44. The highest BCUT2D eigenvalue weighted by molar-refractivity contribution is 7.18. The number of rotatable bonds is 8. The van der Waals surface area contributed by atoms with Gasteiger partial charge in [-0.15, -0.1) is 22.7 Å². The number of carbonyl (C=O) groups is 2. The van der Waals surface area contributed by atoms with Crippen LogP contribution in [-0.2, 0) is 9.47 Å². The fourth-order valence-corrected chi connectivity index (χ4v) is 5.57. The van der Waals surface area contributed by atoms with Gasteiger partial charge in [-0.3, -0.25) is 4.79 Å². The number of allylic oxidation sites excluding steroid dienone is 6. The van der Waals surface area contributed by atoms with E-state index in [9.17, 15) is 9.59 Å². The van der Waals surface area contributed by atoms with E-state index in [0.29, 0.717) is 27.6 Å². The molecule has 0 bridgehead atoms. The van der Waals surface area contributed by atoms with E-state index in [0.717, 1.165) is 17.0 Å². The predicted octanol–water partition coefficient (Wildman–Crippen LogP) is 7.74. The number of nitrogens with one attached hydrogen (secondary N) is 1. The number of methoxy groups -OCH3 is 1. The summed E-state index contributed by atoms with van der Waals surface area (Å²) in [5.41, 5.74) is 10.5. The molecular formula is C31H43N3O4S2. The lowest BCUT2D eigenvalue weighted by molar-refractivity contribution is 0.0383. The number of nitrogens with two attached hydrogens (primary N) is 1. The summed E-state index contributed by atoms with van der Waals surface area (Å²) in [4.78, 5) is 30.9. The van der Waals surface area contributed by atoms with Gasteiger partial charge in [0, 0.05) is 24.6 Å². The van der Waals surface area contributed by atoms with Crippen molar-refractivity contribution in [2.45, 2.75) is 61.5 Å². The van der Waals surface area contributed by atoms with Crippen LogP contribution >= 0.6 is 22.7 Å². The van der Waals surface area contributed by atoms with Crippen molar-refractivity contribution in [1.82, 2.24) is 0 Å². The van der Waals surface area contributed by atoms with Crippen molar-refractivity contribution in [3.63, 3.8) is 0 Å². The van der Waals surface area contributed by atoms with Gasteiger partial charge in [-0.1, -0.05) is 38.2 Å². The van der Waals surface area contributed by atoms with Gasteiger partial charge in [0.15, 0.2) is 0 Å². The summed E-state index contributed by atoms with van der Waals surface area (Å²) in [7, 11) is 3.39. The molecule has 0 fully saturated rings. The third kappa shape index (κ3) is 9.73. The highest BCUT2D eigenvalue weighted by Gasteiger charge is 2.24. The molecule has 0 spiro atoms. The van der Waals surface area contributed by atoms with Gasteiger partial charge in [-0.25, -0.2) is 9.79 Å². The van der Waals surface area contributed by atoms with Gasteiger partial charge in [0.2, 0.25) is 0 Å². The summed E-state index contributed by atoms with van der Waals surface area (Å²) in [6.45, 7) is 16.1. The molecular weight excluding hydrogens is 542 g/mol. The molecule has 0 radical (unpaired) electrons. The standard InChI is InChI=1S/C18H21NOS.C11H16N2O3S.C2H6/c1-5-16(18-11-10-14(3)21-18)19-17-9-7-6-8-15(17)13(2)12-20-4;1-5(2)16-11(15)8-6(3)7(9(12)14)10(13-4)17-8;1-2/h5-11H,12H2,1-4H3;5,13H,1-4H3,(H2,12,14);1-2H3/b15-13+,16-5-,19-17+;;. The zero-order valence-corrected chi connectivity index (χ0v) is 26.9. The van der Waals surface area contributed by atoms with Gasteiger partial charge >= 0.3 is 5.97 Å². The minimum atomic E-state index is -0.549. The largest absolute Gasteiger partial charge is 0.459 e. The van der Waals surface area contributed by atoms with E-state index in [1.165, 1.54) is 26.7 Å². The number of anilines is 1. The van der Waals surface area contributed by atoms with Gasteiger partial charge in [0.05, 0.1) is 34.6 Å². The number of primary amides is 1. The van der Waals surface area contributed by atoms with Crippen LogP contribution in [0.25, 0.3) is 5.70 Å². The van der Waals surface area contributed by atoms with Gasteiger partial charge in [0.25, 0.3) is 5.91 Å². The summed E-state index contributed by atoms with van der Waals surface area (Å²) in [6.07, 6.45) is 10.1. The SMILES string of the molecule is CC.CNc1sc(C(=O)OC(C)C)c(C)c1C(N)=O.C\C=C(/N=C1\C=CC=C\C1=C(\C)COC)c1ccc(C)s1. The number of aliphatic imine (C=N–C) groups is 1. The number of ether oxygens (including phenoxy) is 2. The summed E-state index contributed by atoms with van der Waals surface area (Å²) >= 11 is 2.95. The summed E-state index contributed by atoms with van der Waals surface area (Å²) in [6, 6.07) is 4.26. The van der Waals surface area contributed by atoms with Gasteiger partial charge in [0.1, 0.15) is 9.88 Å². The molecule has 1 aliphatic carbocycles. The number of aryl methyl sites for hydroxylation is 1. The van der Waals surface area contributed by atoms with E-state index in [1.807, 2.05) is 32.9 Å². The Kier molecular flexibility index (Phi) is 15.1. The van der Waals surface area contributed by atoms with Crippen molar-refractivity contribution in [2.75, 3.05) is 26.1 Å². The summed E-state index contributed by atoms with van der Waals surface area (Å²) < 4.78 is 10.3. The number of hydrogen-bond donors (Lipinski definition) is 2. The van der Waals surface area contributed by atoms with E-state index < -0.39 is 11.9 Å². The zero-order valence-electron chi connectivity index (χ0n) is 25.3. The Labute approximate surface area is 247 Å². The molecule has 0 aromatic carbocycles. The molecule has 3 rings (SSSR count). The quantitative estimate of drug-likeness (QED) is 0.309. The summed E-state index contributed by atoms with van der Waals surface area (Å²) in [5.74, 6) is -0.974. The van der Waals surface area contributed by atoms with Crippen LogP contribution in [0.1, 0.15) is 76.9 Å². The average Bonchev–Trinajstić information content (AvgIpc) is 3.51. The molecule has 218 valence electrons. The highest BCUT2D eigenvalue weighted by atomic mass is 32.1. The smallest absolute Gasteiger partial charge is 0.348 e. The van der Waals surface area contributed by atoms with Crippen LogP contribution in [0.15, 0.2) is 58.7 Å². The Balaban J connectivity index is 0.000000385. The first-order chi connectivity index (χ1) is 19.0. The molecule has 0 saturated carbocycles.